The third kappa shape index (κ3) is 4.69. The van der Waals surface area contributed by atoms with Gasteiger partial charge in [0, 0.05) is 30.0 Å². The fraction of sp³-hybridized carbons (Fsp3) is 0.174. The number of fused-ring (bicyclic) bond motifs is 1. The molecule has 0 bridgehead atoms. The Kier molecular flexibility index (Phi) is 6.11. The first kappa shape index (κ1) is 20.1. The highest BCUT2D eigenvalue weighted by atomic mass is 32.2. The van der Waals surface area contributed by atoms with E-state index in [2.05, 4.69) is 9.71 Å². The number of ether oxygens (including phenoxy) is 1. The lowest BCUT2D eigenvalue weighted by Gasteiger charge is -2.10. The molecule has 6 nitrogen and oxygen atoms in total. The van der Waals surface area contributed by atoms with Crippen LogP contribution in [0, 0.1) is 0 Å². The molecule has 0 aliphatic heterocycles. The van der Waals surface area contributed by atoms with Gasteiger partial charge in [0.25, 0.3) is 0 Å². The molecule has 0 saturated carbocycles. The lowest BCUT2D eigenvalue weighted by atomic mass is 10.1. The highest BCUT2D eigenvalue weighted by molar-refractivity contribution is 7.89. The van der Waals surface area contributed by atoms with Crippen LogP contribution in [0.2, 0.25) is 0 Å². The maximum Gasteiger partial charge on any atom is 0.241 e. The van der Waals surface area contributed by atoms with Crippen LogP contribution in [-0.4, -0.2) is 31.1 Å². The second-order valence-electron chi connectivity index (χ2n) is 6.89. The van der Waals surface area contributed by atoms with Crippen molar-refractivity contribution in [3.63, 3.8) is 0 Å². The summed E-state index contributed by atoms with van der Waals surface area (Å²) >= 11 is 0. The Morgan fingerprint density at radius 3 is 2.53 bits per heavy atom. The predicted octanol–water partition coefficient (Wildman–Crippen LogP) is 4.16. The van der Waals surface area contributed by atoms with E-state index in [4.69, 9.17) is 4.74 Å². The molecule has 1 heterocycles. The molecule has 1 aromatic heterocycles. The zero-order chi connectivity index (χ0) is 20.8. The van der Waals surface area contributed by atoms with Crippen LogP contribution < -0.4 is 9.46 Å². The van der Waals surface area contributed by atoms with Crippen LogP contribution in [0.3, 0.4) is 0 Å². The maximum absolute atomic E-state index is 12.7. The van der Waals surface area contributed by atoms with Gasteiger partial charge in [-0.25, -0.2) is 18.1 Å². The molecule has 1 N–H and O–H groups in total. The van der Waals surface area contributed by atoms with Crippen LogP contribution in [0.4, 0.5) is 0 Å². The molecule has 4 aromatic rings. The first-order valence-electron chi connectivity index (χ1n) is 9.82. The van der Waals surface area contributed by atoms with Crippen LogP contribution in [-0.2, 0) is 10.0 Å². The van der Waals surface area contributed by atoms with Gasteiger partial charge in [0.05, 0.1) is 17.8 Å². The van der Waals surface area contributed by atoms with E-state index in [1.807, 2.05) is 65.4 Å². The van der Waals surface area contributed by atoms with Crippen molar-refractivity contribution in [1.29, 1.82) is 0 Å². The van der Waals surface area contributed by atoms with Crippen LogP contribution in [0.25, 0.3) is 16.5 Å². The van der Waals surface area contributed by atoms with Crippen LogP contribution in [0.15, 0.2) is 90.3 Å². The Morgan fingerprint density at radius 1 is 0.933 bits per heavy atom. The van der Waals surface area contributed by atoms with Gasteiger partial charge in [-0.1, -0.05) is 36.4 Å². The van der Waals surface area contributed by atoms with Gasteiger partial charge in [-0.15, -0.1) is 0 Å². The first-order valence-corrected chi connectivity index (χ1v) is 11.3. The van der Waals surface area contributed by atoms with E-state index in [1.165, 1.54) is 0 Å². The van der Waals surface area contributed by atoms with E-state index in [-0.39, 0.29) is 0 Å². The normalized spacial score (nSPS) is 11.6. The Morgan fingerprint density at radius 2 is 1.73 bits per heavy atom. The highest BCUT2D eigenvalue weighted by Gasteiger charge is 2.16. The second-order valence-corrected chi connectivity index (χ2v) is 8.63. The van der Waals surface area contributed by atoms with E-state index >= 15 is 0 Å². The lowest BCUT2D eigenvalue weighted by Crippen LogP contribution is -2.25. The van der Waals surface area contributed by atoms with Crippen molar-refractivity contribution >= 4 is 20.8 Å². The summed E-state index contributed by atoms with van der Waals surface area (Å²) in [6, 6.07) is 20.6. The molecule has 3 aromatic carbocycles. The summed E-state index contributed by atoms with van der Waals surface area (Å²) in [6.07, 6.45) is 6.81. The SMILES string of the molecule is O=S(=O)(NCCCCOc1ccc(-n2ccnc2)cc1)c1cccc2ccccc12. The van der Waals surface area contributed by atoms with Crippen molar-refractivity contribution in [2.75, 3.05) is 13.2 Å². The van der Waals surface area contributed by atoms with E-state index in [9.17, 15) is 8.42 Å². The smallest absolute Gasteiger partial charge is 0.241 e. The third-order valence-electron chi connectivity index (χ3n) is 4.81. The summed E-state index contributed by atoms with van der Waals surface area (Å²) in [5.41, 5.74) is 1.02. The Hall–Kier alpha value is -3.16. The van der Waals surface area contributed by atoms with Gasteiger partial charge in [-0.05, 0) is 48.6 Å². The van der Waals surface area contributed by atoms with Gasteiger partial charge in [-0.3, -0.25) is 0 Å². The molecule has 0 amide bonds. The molecule has 0 spiro atoms. The van der Waals surface area contributed by atoms with Gasteiger partial charge in [0.1, 0.15) is 5.75 Å². The first-order chi connectivity index (χ1) is 14.6. The topological polar surface area (TPSA) is 73.2 Å². The summed E-state index contributed by atoms with van der Waals surface area (Å²) < 4.78 is 35.7. The summed E-state index contributed by atoms with van der Waals surface area (Å²) in [6.45, 7) is 0.898. The maximum atomic E-state index is 12.7. The summed E-state index contributed by atoms with van der Waals surface area (Å²) in [4.78, 5) is 4.35. The van der Waals surface area contributed by atoms with Crippen LogP contribution >= 0.6 is 0 Å². The van der Waals surface area contributed by atoms with Crippen molar-refractivity contribution < 1.29 is 13.2 Å². The summed E-state index contributed by atoms with van der Waals surface area (Å²) in [7, 11) is -3.55. The van der Waals surface area contributed by atoms with Gasteiger partial charge < -0.3 is 9.30 Å². The van der Waals surface area contributed by atoms with Crippen LogP contribution in [0.5, 0.6) is 5.75 Å². The number of nitrogens with zero attached hydrogens (tertiary/aromatic N) is 2. The van der Waals surface area contributed by atoms with Crippen molar-refractivity contribution in [3.8, 4) is 11.4 Å². The molecule has 0 aliphatic rings. The van der Waals surface area contributed by atoms with E-state index in [1.54, 1.807) is 24.7 Å². The molecule has 4 rings (SSSR count). The van der Waals surface area contributed by atoms with Gasteiger partial charge in [-0.2, -0.15) is 0 Å². The molecular formula is C23H23N3O3S. The average molecular weight is 422 g/mol. The molecule has 7 heteroatoms. The zero-order valence-electron chi connectivity index (χ0n) is 16.4. The molecule has 0 aliphatic carbocycles. The van der Waals surface area contributed by atoms with Crippen molar-refractivity contribution in [2.24, 2.45) is 0 Å². The van der Waals surface area contributed by atoms with E-state index < -0.39 is 10.0 Å². The Balaban J connectivity index is 1.24. The molecule has 30 heavy (non-hydrogen) atoms. The minimum Gasteiger partial charge on any atom is -0.494 e. The largest absolute Gasteiger partial charge is 0.494 e. The quantitative estimate of drug-likeness (QED) is 0.412. The van der Waals surface area contributed by atoms with Gasteiger partial charge in [0.2, 0.25) is 10.0 Å². The molecule has 0 saturated heterocycles. The molecule has 0 fully saturated rings. The summed E-state index contributed by atoms with van der Waals surface area (Å²) in [5, 5.41) is 1.64. The summed E-state index contributed by atoms with van der Waals surface area (Å²) in [5.74, 6) is 0.787. The molecule has 154 valence electrons. The lowest BCUT2D eigenvalue weighted by molar-refractivity contribution is 0.307. The fourth-order valence-corrected chi connectivity index (χ4v) is 4.56. The van der Waals surface area contributed by atoms with E-state index in [0.717, 1.165) is 28.6 Å². The molecule has 0 unspecified atom stereocenters. The number of benzene rings is 3. The molecular weight excluding hydrogens is 398 g/mol. The number of rotatable bonds is 9. The average Bonchev–Trinajstić information content (AvgIpc) is 3.31. The molecule has 0 atom stereocenters. The number of aromatic nitrogens is 2. The standard InChI is InChI=1S/C23H23N3O3S/c27-30(28,23-9-5-7-19-6-1-2-8-22(19)23)25-14-3-4-17-29-21-12-10-20(11-13-21)26-16-15-24-18-26/h1-2,5-13,15-16,18,25H,3-4,14,17H2. The van der Waals surface area contributed by atoms with Crippen molar-refractivity contribution in [2.45, 2.75) is 17.7 Å². The number of imidazole rings is 1. The molecule has 0 radical (unpaired) electrons. The third-order valence-corrected chi connectivity index (χ3v) is 6.33. The van der Waals surface area contributed by atoms with Crippen molar-refractivity contribution in [1.82, 2.24) is 14.3 Å². The minimum atomic E-state index is -3.55. The predicted molar refractivity (Wildman–Crippen MR) is 117 cm³/mol. The number of hydrogen-bond donors (Lipinski definition) is 1. The Labute approximate surface area is 176 Å². The van der Waals surface area contributed by atoms with Crippen LogP contribution in [0.1, 0.15) is 12.8 Å². The second kappa shape index (κ2) is 9.11. The van der Waals surface area contributed by atoms with E-state index in [0.29, 0.717) is 24.5 Å². The number of hydrogen-bond acceptors (Lipinski definition) is 4. The minimum absolute atomic E-state index is 0.315. The zero-order valence-corrected chi connectivity index (χ0v) is 17.3. The van der Waals surface area contributed by atoms with Gasteiger partial charge in [0.15, 0.2) is 0 Å². The van der Waals surface area contributed by atoms with Crippen molar-refractivity contribution in [3.05, 3.63) is 85.5 Å². The fourth-order valence-electron chi connectivity index (χ4n) is 3.26. The Bertz CT molecular complexity index is 1200. The number of unbranched alkanes of at least 4 members (excludes halogenated alkanes) is 1. The van der Waals surface area contributed by atoms with Gasteiger partial charge >= 0.3 is 0 Å². The monoisotopic (exact) mass is 421 g/mol. The number of nitrogens with one attached hydrogen (secondary N) is 1. The highest BCUT2D eigenvalue weighted by Crippen LogP contribution is 2.22. The number of sulfonamides is 1.